The third kappa shape index (κ3) is 4.68. The van der Waals surface area contributed by atoms with Crippen LogP contribution in [0.2, 0.25) is 5.02 Å². The molecule has 0 amide bonds. The van der Waals surface area contributed by atoms with Crippen LogP contribution in [0.25, 0.3) is 10.9 Å². The van der Waals surface area contributed by atoms with Crippen LogP contribution in [0.15, 0.2) is 82.6 Å². The van der Waals surface area contributed by atoms with Crippen molar-refractivity contribution in [3.63, 3.8) is 0 Å². The average Bonchev–Trinajstić information content (AvgIpc) is 3.23. The van der Waals surface area contributed by atoms with Crippen LogP contribution in [-0.2, 0) is 6.54 Å². The Morgan fingerprint density at radius 1 is 1.03 bits per heavy atom. The molecule has 1 aliphatic heterocycles. The lowest BCUT2D eigenvalue weighted by atomic mass is 9.99. The van der Waals surface area contributed by atoms with Crippen LogP contribution in [0.5, 0.6) is 0 Å². The molecule has 0 unspecified atom stereocenters. The molecular weight excluding hydrogens is 468 g/mol. The van der Waals surface area contributed by atoms with Crippen LogP contribution in [0.4, 0.5) is 0 Å². The van der Waals surface area contributed by atoms with Gasteiger partial charge in [0.1, 0.15) is 11.7 Å². The third-order valence-electron chi connectivity index (χ3n) is 6.75. The van der Waals surface area contributed by atoms with E-state index in [4.69, 9.17) is 21.6 Å². The Kier molecular flexibility index (Phi) is 6.67. The monoisotopic (exact) mass is 498 g/mol. The number of hydrogen-bond acceptors (Lipinski definition) is 4. The molecule has 1 aromatic heterocycles. The van der Waals surface area contributed by atoms with Crippen LogP contribution >= 0.6 is 11.6 Å². The Morgan fingerprint density at radius 2 is 1.75 bits per heavy atom. The van der Waals surface area contributed by atoms with Crippen molar-refractivity contribution in [2.45, 2.75) is 46.3 Å². The first-order valence-electron chi connectivity index (χ1n) is 12.5. The number of hydrogen-bond donors (Lipinski definition) is 0. The number of aromatic nitrogens is 2. The van der Waals surface area contributed by atoms with Crippen LogP contribution in [0, 0.1) is 12.8 Å². The van der Waals surface area contributed by atoms with Gasteiger partial charge in [0.05, 0.1) is 29.5 Å². The fourth-order valence-corrected chi connectivity index (χ4v) is 5.20. The maximum Gasteiger partial charge on any atom is 0.261 e. The molecule has 5 nitrogen and oxygen atoms in total. The van der Waals surface area contributed by atoms with Gasteiger partial charge in [0.25, 0.3) is 5.56 Å². The second-order valence-electron chi connectivity index (χ2n) is 10.0. The summed E-state index contributed by atoms with van der Waals surface area (Å²) in [5.74, 6) is 1.87. The highest BCUT2D eigenvalue weighted by molar-refractivity contribution is 6.31. The number of halogens is 1. The quantitative estimate of drug-likeness (QED) is 0.315. The van der Waals surface area contributed by atoms with Crippen molar-refractivity contribution < 1.29 is 0 Å². The lowest BCUT2D eigenvalue weighted by Gasteiger charge is -2.35. The van der Waals surface area contributed by atoms with Gasteiger partial charge >= 0.3 is 0 Å². The number of rotatable bonds is 6. The van der Waals surface area contributed by atoms with Crippen molar-refractivity contribution in [3.05, 3.63) is 111 Å². The summed E-state index contributed by atoms with van der Waals surface area (Å²) in [5, 5.41) is 1.14. The summed E-state index contributed by atoms with van der Waals surface area (Å²) in [5.41, 5.74) is 3.92. The molecule has 6 heteroatoms. The molecule has 36 heavy (non-hydrogen) atoms. The Morgan fingerprint density at radius 3 is 2.44 bits per heavy atom. The van der Waals surface area contributed by atoms with Gasteiger partial charge in [-0.1, -0.05) is 85.6 Å². The summed E-state index contributed by atoms with van der Waals surface area (Å²) in [6.07, 6.45) is 0. The van der Waals surface area contributed by atoms with E-state index in [9.17, 15) is 4.79 Å². The molecule has 0 saturated heterocycles. The number of amidine groups is 1. The highest BCUT2D eigenvalue weighted by Crippen LogP contribution is 2.33. The predicted octanol–water partition coefficient (Wildman–Crippen LogP) is 6.25. The number of benzene rings is 3. The summed E-state index contributed by atoms with van der Waals surface area (Å²) in [4.78, 5) is 26.4. The molecule has 1 aliphatic rings. The van der Waals surface area contributed by atoms with Gasteiger partial charge in [0.2, 0.25) is 0 Å². The predicted molar refractivity (Wildman–Crippen MR) is 148 cm³/mol. The van der Waals surface area contributed by atoms with E-state index in [-0.39, 0.29) is 23.6 Å². The van der Waals surface area contributed by atoms with Gasteiger partial charge in [-0.15, -0.1) is 0 Å². The van der Waals surface area contributed by atoms with E-state index in [1.165, 1.54) is 5.56 Å². The zero-order valence-corrected chi connectivity index (χ0v) is 21.9. The lowest BCUT2D eigenvalue weighted by molar-refractivity contribution is 0.242. The fourth-order valence-electron chi connectivity index (χ4n) is 5.04. The third-order valence-corrected chi connectivity index (χ3v) is 6.98. The second-order valence-corrected chi connectivity index (χ2v) is 10.5. The first-order valence-corrected chi connectivity index (χ1v) is 12.8. The summed E-state index contributed by atoms with van der Waals surface area (Å²) >= 11 is 6.32. The topological polar surface area (TPSA) is 50.5 Å². The molecule has 0 bridgehead atoms. The van der Waals surface area contributed by atoms with Gasteiger partial charge in [0.15, 0.2) is 0 Å². The zero-order chi connectivity index (χ0) is 25.4. The Bertz CT molecular complexity index is 1480. The van der Waals surface area contributed by atoms with Gasteiger partial charge in [-0.05, 0) is 43.5 Å². The van der Waals surface area contributed by atoms with Gasteiger partial charge in [-0.3, -0.25) is 14.4 Å². The molecule has 5 rings (SSSR count). The maximum atomic E-state index is 13.9. The number of aliphatic imine (C=N–C) groups is 1. The molecule has 0 spiro atoms. The van der Waals surface area contributed by atoms with Crippen LogP contribution < -0.4 is 5.56 Å². The van der Waals surface area contributed by atoms with Gasteiger partial charge in [0, 0.05) is 17.1 Å². The molecule has 2 heterocycles. The zero-order valence-electron chi connectivity index (χ0n) is 21.1. The Balaban J connectivity index is 1.70. The van der Waals surface area contributed by atoms with E-state index in [1.807, 2.05) is 34.9 Å². The number of aryl methyl sites for hydroxylation is 1. The van der Waals surface area contributed by atoms with Crippen molar-refractivity contribution in [1.82, 2.24) is 14.5 Å². The van der Waals surface area contributed by atoms with Gasteiger partial charge in [-0.25, -0.2) is 4.98 Å². The first-order chi connectivity index (χ1) is 17.3. The largest absolute Gasteiger partial charge is 0.344 e. The molecule has 184 valence electrons. The second kappa shape index (κ2) is 9.90. The molecule has 3 aromatic carbocycles. The van der Waals surface area contributed by atoms with E-state index in [2.05, 4.69) is 56.9 Å². The van der Waals surface area contributed by atoms with Crippen molar-refractivity contribution in [2.24, 2.45) is 10.9 Å². The molecule has 0 aliphatic carbocycles. The van der Waals surface area contributed by atoms with Crippen LogP contribution in [0.1, 0.15) is 49.3 Å². The lowest BCUT2D eigenvalue weighted by Crippen LogP contribution is -2.40. The smallest absolute Gasteiger partial charge is 0.261 e. The molecule has 0 fully saturated rings. The molecule has 0 radical (unpaired) electrons. The highest BCUT2D eigenvalue weighted by atomic mass is 35.5. The van der Waals surface area contributed by atoms with E-state index in [0.29, 0.717) is 22.5 Å². The van der Waals surface area contributed by atoms with Crippen LogP contribution in [-0.4, -0.2) is 32.9 Å². The summed E-state index contributed by atoms with van der Waals surface area (Å²) in [7, 11) is 0. The molecular formula is C30H31ClN4O. The van der Waals surface area contributed by atoms with E-state index >= 15 is 0 Å². The molecule has 2 atom stereocenters. The van der Waals surface area contributed by atoms with E-state index in [1.54, 1.807) is 18.2 Å². The van der Waals surface area contributed by atoms with Crippen molar-refractivity contribution in [1.29, 1.82) is 0 Å². The van der Waals surface area contributed by atoms with Crippen molar-refractivity contribution in [3.8, 4) is 0 Å². The van der Waals surface area contributed by atoms with E-state index < -0.39 is 0 Å². The van der Waals surface area contributed by atoms with Crippen molar-refractivity contribution >= 4 is 28.3 Å². The summed E-state index contributed by atoms with van der Waals surface area (Å²) < 4.78 is 1.84. The number of nitrogens with zero attached hydrogens (tertiary/aromatic N) is 4. The summed E-state index contributed by atoms with van der Waals surface area (Å²) in [6, 6.07) is 23.9. The van der Waals surface area contributed by atoms with Crippen molar-refractivity contribution in [2.75, 3.05) is 6.54 Å². The van der Waals surface area contributed by atoms with Gasteiger partial charge < -0.3 is 4.90 Å². The number of fused-ring (bicyclic) bond motifs is 1. The average molecular weight is 499 g/mol. The summed E-state index contributed by atoms with van der Waals surface area (Å²) in [6.45, 7) is 9.80. The highest BCUT2D eigenvalue weighted by Gasteiger charge is 2.35. The fraction of sp³-hybridized carbons (Fsp3) is 0.300. The van der Waals surface area contributed by atoms with Gasteiger partial charge in [-0.2, -0.15) is 0 Å². The first kappa shape index (κ1) is 24.3. The SMILES string of the molecule is Cc1ccc(C2=N[C@@H](C)CN2[C@H](c2nc3cc(Cl)ccc3c(=O)n2Cc2ccccc2)C(C)C)cc1. The maximum absolute atomic E-state index is 13.9. The standard InChI is InChI=1S/C30H31ClN4O/c1-19(2)27(34-17-21(4)32-28(34)23-12-10-20(3)11-13-23)29-33-26-16-24(31)14-15-25(26)30(36)35(29)18-22-8-6-5-7-9-22/h5-16,19,21,27H,17-18H2,1-4H3/t21-,27-/m0/s1. The molecule has 0 N–H and O–H groups in total. The van der Waals surface area contributed by atoms with E-state index in [0.717, 1.165) is 29.3 Å². The minimum Gasteiger partial charge on any atom is -0.344 e. The van der Waals surface area contributed by atoms with Crippen LogP contribution in [0.3, 0.4) is 0 Å². The molecule has 0 saturated carbocycles. The minimum absolute atomic E-state index is 0.0535. The molecule has 4 aromatic rings. The Hall–Kier alpha value is -3.44. The minimum atomic E-state index is -0.144. The normalized spacial score (nSPS) is 16.6. The Labute approximate surface area is 217 Å².